The fraction of sp³-hybridized carbons (Fsp3) is 0.435. The number of halogens is 1. The van der Waals surface area contributed by atoms with Gasteiger partial charge >= 0.3 is 5.97 Å². The molecule has 1 aliphatic heterocycles. The molecule has 2 aromatic rings. The first-order valence-corrected chi connectivity index (χ1v) is 10.2. The number of aryl methyl sites for hydroxylation is 3. The Labute approximate surface area is 172 Å². The molecule has 0 radical (unpaired) electrons. The Morgan fingerprint density at radius 3 is 2.50 bits per heavy atom. The highest BCUT2D eigenvalue weighted by molar-refractivity contribution is 6.32. The van der Waals surface area contributed by atoms with E-state index in [0.717, 1.165) is 41.3 Å². The average molecular weight is 401 g/mol. The van der Waals surface area contributed by atoms with Gasteiger partial charge in [0.25, 0.3) is 0 Å². The summed E-state index contributed by atoms with van der Waals surface area (Å²) in [6.45, 7) is 10.6. The molecular weight excluding hydrogens is 372 g/mol. The van der Waals surface area contributed by atoms with Crippen LogP contribution in [-0.4, -0.2) is 29.1 Å². The van der Waals surface area contributed by atoms with Crippen LogP contribution >= 0.6 is 11.6 Å². The topological polar surface area (TPSA) is 52.6 Å². The molecule has 1 fully saturated rings. The standard InChI is InChI=1S/C23H29ClN2O2/c1-14-5-6-21(11-20(14)13-26-8-7-18(12-26)23(27)28)25-17(4)19-9-15(2)22(24)16(3)10-19/h5-6,9-11,17-18,25H,7-8,12-13H2,1-4H3,(H,27,28)/t17-,18?/m1/s1. The smallest absolute Gasteiger partial charge is 0.307 e. The second kappa shape index (κ2) is 8.54. The van der Waals surface area contributed by atoms with Gasteiger partial charge in [0.2, 0.25) is 0 Å². The Morgan fingerprint density at radius 1 is 1.21 bits per heavy atom. The van der Waals surface area contributed by atoms with Crippen molar-refractivity contribution < 1.29 is 9.90 Å². The van der Waals surface area contributed by atoms with Gasteiger partial charge in [-0.05, 0) is 80.6 Å². The minimum Gasteiger partial charge on any atom is -0.481 e. The number of nitrogens with one attached hydrogen (secondary N) is 1. The van der Waals surface area contributed by atoms with E-state index in [1.54, 1.807) is 0 Å². The third kappa shape index (κ3) is 4.68. The van der Waals surface area contributed by atoms with E-state index < -0.39 is 5.97 Å². The highest BCUT2D eigenvalue weighted by Gasteiger charge is 2.28. The molecule has 0 spiro atoms. The molecule has 28 heavy (non-hydrogen) atoms. The van der Waals surface area contributed by atoms with Gasteiger partial charge in [-0.25, -0.2) is 0 Å². The zero-order chi connectivity index (χ0) is 20.4. The molecule has 150 valence electrons. The second-order valence-electron chi connectivity index (χ2n) is 8.03. The van der Waals surface area contributed by atoms with Gasteiger partial charge in [-0.3, -0.25) is 9.69 Å². The summed E-state index contributed by atoms with van der Waals surface area (Å²) in [5.74, 6) is -0.921. The first kappa shape index (κ1) is 20.7. The number of likely N-dealkylation sites (tertiary alicyclic amines) is 1. The lowest BCUT2D eigenvalue weighted by Crippen LogP contribution is -2.23. The Balaban J connectivity index is 1.72. The predicted octanol–water partition coefficient (Wildman–Crippen LogP) is 5.34. The molecule has 1 aliphatic rings. The van der Waals surface area contributed by atoms with Crippen molar-refractivity contribution >= 4 is 23.3 Å². The number of anilines is 1. The van der Waals surface area contributed by atoms with E-state index in [1.165, 1.54) is 16.7 Å². The zero-order valence-electron chi connectivity index (χ0n) is 17.1. The third-order valence-electron chi connectivity index (χ3n) is 5.71. The van der Waals surface area contributed by atoms with E-state index in [4.69, 9.17) is 11.6 Å². The number of carboxylic acid groups (broad SMARTS) is 1. The van der Waals surface area contributed by atoms with Crippen molar-refractivity contribution in [3.63, 3.8) is 0 Å². The van der Waals surface area contributed by atoms with Crippen LogP contribution in [-0.2, 0) is 11.3 Å². The van der Waals surface area contributed by atoms with Crippen LogP contribution in [0.1, 0.15) is 47.2 Å². The molecule has 1 unspecified atom stereocenters. The molecule has 0 amide bonds. The Morgan fingerprint density at radius 2 is 1.89 bits per heavy atom. The maximum Gasteiger partial charge on any atom is 0.307 e. The quantitative estimate of drug-likeness (QED) is 0.686. The van der Waals surface area contributed by atoms with Gasteiger partial charge in [-0.15, -0.1) is 0 Å². The van der Waals surface area contributed by atoms with Gasteiger partial charge in [0, 0.05) is 29.8 Å². The van der Waals surface area contributed by atoms with Crippen LogP contribution in [0, 0.1) is 26.7 Å². The van der Waals surface area contributed by atoms with Gasteiger partial charge in [-0.1, -0.05) is 29.8 Å². The average Bonchev–Trinajstić information content (AvgIpc) is 3.11. The van der Waals surface area contributed by atoms with Crippen LogP contribution in [0.2, 0.25) is 5.02 Å². The molecule has 1 saturated heterocycles. The summed E-state index contributed by atoms with van der Waals surface area (Å²) < 4.78 is 0. The van der Waals surface area contributed by atoms with Gasteiger partial charge < -0.3 is 10.4 Å². The number of nitrogens with zero attached hydrogens (tertiary/aromatic N) is 1. The summed E-state index contributed by atoms with van der Waals surface area (Å²) in [5, 5.41) is 13.6. The van der Waals surface area contributed by atoms with E-state index in [-0.39, 0.29) is 12.0 Å². The Bertz CT molecular complexity index is 858. The second-order valence-corrected chi connectivity index (χ2v) is 8.41. The van der Waals surface area contributed by atoms with Crippen LogP contribution in [0.3, 0.4) is 0 Å². The molecule has 0 saturated carbocycles. The van der Waals surface area contributed by atoms with E-state index in [2.05, 4.69) is 54.4 Å². The summed E-state index contributed by atoms with van der Waals surface area (Å²) in [6, 6.07) is 10.9. The molecule has 4 nitrogen and oxygen atoms in total. The summed E-state index contributed by atoms with van der Waals surface area (Å²) >= 11 is 6.30. The molecule has 2 aromatic carbocycles. The van der Waals surface area contributed by atoms with Gasteiger partial charge in [0.1, 0.15) is 0 Å². The highest BCUT2D eigenvalue weighted by Crippen LogP contribution is 2.28. The zero-order valence-corrected chi connectivity index (χ0v) is 17.8. The fourth-order valence-electron chi connectivity index (χ4n) is 3.91. The maximum absolute atomic E-state index is 11.2. The number of benzene rings is 2. The monoisotopic (exact) mass is 400 g/mol. The Hall–Kier alpha value is -2.04. The van der Waals surface area contributed by atoms with Crippen molar-refractivity contribution in [1.82, 2.24) is 4.90 Å². The molecule has 1 heterocycles. The van der Waals surface area contributed by atoms with E-state index >= 15 is 0 Å². The van der Waals surface area contributed by atoms with Crippen molar-refractivity contribution in [1.29, 1.82) is 0 Å². The first-order valence-electron chi connectivity index (χ1n) is 9.82. The summed E-state index contributed by atoms with van der Waals surface area (Å²) in [6.07, 6.45) is 0.735. The minimum absolute atomic E-state index is 0.161. The molecule has 0 aliphatic carbocycles. The van der Waals surface area contributed by atoms with Crippen LogP contribution in [0.25, 0.3) is 0 Å². The molecular formula is C23H29ClN2O2. The molecule has 0 aromatic heterocycles. The van der Waals surface area contributed by atoms with E-state index in [0.29, 0.717) is 6.54 Å². The lowest BCUT2D eigenvalue weighted by molar-refractivity contribution is -0.141. The molecule has 0 bridgehead atoms. The molecule has 2 atom stereocenters. The van der Waals surface area contributed by atoms with E-state index in [1.807, 2.05) is 13.8 Å². The van der Waals surface area contributed by atoms with E-state index in [9.17, 15) is 9.90 Å². The number of aliphatic carboxylic acids is 1. The van der Waals surface area contributed by atoms with Crippen molar-refractivity contribution in [2.24, 2.45) is 5.92 Å². The number of hydrogen-bond donors (Lipinski definition) is 2. The van der Waals surface area contributed by atoms with Crippen LogP contribution in [0.5, 0.6) is 0 Å². The van der Waals surface area contributed by atoms with Crippen molar-refractivity contribution in [2.45, 2.75) is 46.7 Å². The first-order chi connectivity index (χ1) is 13.2. The lowest BCUT2D eigenvalue weighted by Gasteiger charge is -2.21. The van der Waals surface area contributed by atoms with Gasteiger partial charge in [-0.2, -0.15) is 0 Å². The summed E-state index contributed by atoms with van der Waals surface area (Å²) in [7, 11) is 0. The molecule has 2 N–H and O–H groups in total. The van der Waals surface area contributed by atoms with Gasteiger partial charge in [0.05, 0.1) is 5.92 Å². The van der Waals surface area contributed by atoms with Crippen LogP contribution in [0.4, 0.5) is 5.69 Å². The van der Waals surface area contributed by atoms with Crippen LogP contribution in [0.15, 0.2) is 30.3 Å². The highest BCUT2D eigenvalue weighted by atomic mass is 35.5. The van der Waals surface area contributed by atoms with Crippen molar-refractivity contribution in [2.75, 3.05) is 18.4 Å². The lowest BCUT2D eigenvalue weighted by atomic mass is 10.0. The minimum atomic E-state index is -0.683. The third-order valence-corrected chi connectivity index (χ3v) is 6.30. The SMILES string of the molecule is Cc1ccc(N[C@H](C)c2cc(C)c(Cl)c(C)c2)cc1CN1CCC(C(=O)O)C1. The number of carbonyl (C=O) groups is 1. The van der Waals surface area contributed by atoms with Crippen LogP contribution < -0.4 is 5.32 Å². The summed E-state index contributed by atoms with van der Waals surface area (Å²) in [4.78, 5) is 13.4. The summed E-state index contributed by atoms with van der Waals surface area (Å²) in [5.41, 5.74) is 6.95. The number of rotatable bonds is 6. The van der Waals surface area contributed by atoms with Gasteiger partial charge in [0.15, 0.2) is 0 Å². The molecule has 5 heteroatoms. The predicted molar refractivity (Wildman–Crippen MR) is 115 cm³/mol. The normalized spacial score (nSPS) is 18.2. The molecule has 3 rings (SSSR count). The van der Waals surface area contributed by atoms with Crippen molar-refractivity contribution in [3.05, 3.63) is 63.2 Å². The van der Waals surface area contributed by atoms with Crippen molar-refractivity contribution in [3.8, 4) is 0 Å². The number of carboxylic acids is 1. The Kier molecular flexibility index (Phi) is 6.31. The maximum atomic E-state index is 11.2. The fourth-order valence-corrected chi connectivity index (χ4v) is 4.02. The largest absolute Gasteiger partial charge is 0.481 e. The number of hydrogen-bond acceptors (Lipinski definition) is 3.